The molecule has 0 N–H and O–H groups in total. The topological polar surface area (TPSA) is 17.1 Å². The summed E-state index contributed by atoms with van der Waals surface area (Å²) in [6.07, 6.45) is 9.02. The van der Waals surface area contributed by atoms with Gasteiger partial charge in [-0.25, -0.2) is 0 Å². The molecule has 1 aliphatic carbocycles. The number of rotatable bonds is 2. The molecule has 0 bridgehead atoms. The molecule has 5 radical (unpaired) electrons. The van der Waals surface area contributed by atoms with Gasteiger partial charge in [-0.3, -0.25) is 4.79 Å². The quantitative estimate of drug-likeness (QED) is 0.545. The summed E-state index contributed by atoms with van der Waals surface area (Å²) in [5.41, 5.74) is 1.04. The molecule has 0 unspecified atom stereocenters. The van der Waals surface area contributed by atoms with E-state index in [4.69, 9.17) is 0 Å². The SMILES string of the molecule is CC(C)=CC(=O)[C]1[CH][CH][CH][CH]1. The molecule has 1 nitrogen and oxygen atoms in total. The molecule has 0 heterocycles. The second kappa shape index (κ2) is 3.70. The lowest BCUT2D eigenvalue weighted by atomic mass is 10.0. The average Bonchev–Trinajstić information content (AvgIpc) is 2.35. The Bertz CT molecular complexity index is 169. The first-order valence-electron chi connectivity index (χ1n) is 3.61. The fourth-order valence-electron chi connectivity index (χ4n) is 0.884. The highest BCUT2D eigenvalue weighted by Crippen LogP contribution is 2.24. The molecule has 0 aromatic rings. The first-order chi connectivity index (χ1) is 5.20. The molecule has 1 fully saturated rings. The predicted octanol–water partition coefficient (Wildman–Crippen LogP) is 1.93. The van der Waals surface area contributed by atoms with Gasteiger partial charge in [0.1, 0.15) is 0 Å². The van der Waals surface area contributed by atoms with E-state index in [1.54, 1.807) is 6.08 Å². The molecule has 1 saturated carbocycles. The summed E-state index contributed by atoms with van der Waals surface area (Å²) in [6.45, 7) is 3.84. The van der Waals surface area contributed by atoms with Crippen molar-refractivity contribution in [3.63, 3.8) is 0 Å². The van der Waals surface area contributed by atoms with Gasteiger partial charge < -0.3 is 0 Å². The Morgan fingerprint density at radius 2 is 1.82 bits per heavy atom. The minimum absolute atomic E-state index is 0.0926. The Balaban J connectivity index is 2.47. The zero-order chi connectivity index (χ0) is 8.27. The molecule has 11 heavy (non-hydrogen) atoms. The van der Waals surface area contributed by atoms with Crippen LogP contribution in [0, 0.1) is 31.6 Å². The van der Waals surface area contributed by atoms with Gasteiger partial charge in [0.05, 0.1) is 5.92 Å². The van der Waals surface area contributed by atoms with E-state index >= 15 is 0 Å². The molecule has 0 atom stereocenters. The third-order valence-electron chi connectivity index (χ3n) is 1.37. The number of hydrogen-bond donors (Lipinski definition) is 0. The van der Waals surface area contributed by atoms with Crippen molar-refractivity contribution in [1.82, 2.24) is 0 Å². The van der Waals surface area contributed by atoms with Crippen LogP contribution in [-0.2, 0) is 4.79 Å². The van der Waals surface area contributed by atoms with Crippen molar-refractivity contribution in [1.29, 1.82) is 0 Å². The Morgan fingerprint density at radius 3 is 2.27 bits per heavy atom. The van der Waals surface area contributed by atoms with Gasteiger partial charge in [0.25, 0.3) is 0 Å². The smallest absolute Gasteiger partial charge is 0.163 e. The molecule has 0 aliphatic heterocycles. The van der Waals surface area contributed by atoms with Crippen LogP contribution < -0.4 is 0 Å². The minimum Gasteiger partial charge on any atom is -0.294 e. The molecule has 0 saturated heterocycles. The lowest BCUT2D eigenvalue weighted by molar-refractivity contribution is -0.112. The number of ketones is 1. The zero-order valence-corrected chi connectivity index (χ0v) is 6.79. The molecule has 1 rings (SSSR count). The van der Waals surface area contributed by atoms with Crippen LogP contribution in [0.4, 0.5) is 0 Å². The van der Waals surface area contributed by atoms with Gasteiger partial charge in [-0.05, 0) is 45.6 Å². The first kappa shape index (κ1) is 8.51. The van der Waals surface area contributed by atoms with Crippen LogP contribution in [0.3, 0.4) is 0 Å². The van der Waals surface area contributed by atoms with E-state index in [9.17, 15) is 4.79 Å². The van der Waals surface area contributed by atoms with Crippen LogP contribution >= 0.6 is 0 Å². The molecule has 0 spiro atoms. The maximum atomic E-state index is 11.2. The summed E-state index contributed by atoms with van der Waals surface area (Å²) < 4.78 is 0. The van der Waals surface area contributed by atoms with E-state index in [1.807, 2.05) is 39.5 Å². The summed E-state index contributed by atoms with van der Waals surface area (Å²) in [6, 6.07) is 0. The molecule has 1 aliphatic rings. The van der Waals surface area contributed by atoms with Crippen molar-refractivity contribution < 1.29 is 4.79 Å². The number of allylic oxidation sites excluding steroid dienone is 2. The van der Waals surface area contributed by atoms with Crippen molar-refractivity contribution in [2.45, 2.75) is 13.8 Å². The second-order valence-electron chi connectivity index (χ2n) is 2.76. The summed E-state index contributed by atoms with van der Waals surface area (Å²) in [5.74, 6) is 0.862. The van der Waals surface area contributed by atoms with E-state index in [2.05, 4.69) is 0 Å². The van der Waals surface area contributed by atoms with E-state index in [0.717, 1.165) is 11.5 Å². The van der Waals surface area contributed by atoms with Gasteiger partial charge in [0.2, 0.25) is 0 Å². The Labute approximate surface area is 68.5 Å². The fraction of sp³-hybridized carbons (Fsp3) is 0.200. The normalized spacial score (nSPS) is 18.4. The van der Waals surface area contributed by atoms with Gasteiger partial charge >= 0.3 is 0 Å². The first-order valence-corrected chi connectivity index (χ1v) is 3.61. The van der Waals surface area contributed by atoms with Gasteiger partial charge in [-0.2, -0.15) is 0 Å². The highest BCUT2D eigenvalue weighted by Gasteiger charge is 2.22. The van der Waals surface area contributed by atoms with Crippen molar-refractivity contribution in [2.75, 3.05) is 0 Å². The van der Waals surface area contributed by atoms with Crippen LogP contribution in [0.5, 0.6) is 0 Å². The maximum absolute atomic E-state index is 11.2. The van der Waals surface area contributed by atoms with Crippen LogP contribution in [0.1, 0.15) is 13.8 Å². The second-order valence-corrected chi connectivity index (χ2v) is 2.76. The molecule has 0 aromatic carbocycles. The summed E-state index contributed by atoms with van der Waals surface area (Å²) in [5, 5.41) is 0. The minimum atomic E-state index is 0.0926. The molecule has 0 aromatic heterocycles. The molecule has 0 amide bonds. The van der Waals surface area contributed by atoms with Crippen molar-refractivity contribution >= 4 is 5.78 Å². The summed E-state index contributed by atoms with van der Waals surface area (Å²) in [7, 11) is 0. The number of hydrogen-bond acceptors (Lipinski definition) is 1. The third kappa shape index (κ3) is 2.49. The van der Waals surface area contributed by atoms with Crippen molar-refractivity contribution in [3.8, 4) is 0 Å². The molecule has 57 valence electrons. The largest absolute Gasteiger partial charge is 0.294 e. The average molecular weight is 147 g/mol. The summed E-state index contributed by atoms with van der Waals surface area (Å²) in [4.78, 5) is 11.2. The van der Waals surface area contributed by atoms with E-state index < -0.39 is 0 Å². The Hall–Kier alpha value is -0.590. The molecule has 1 heteroatoms. The van der Waals surface area contributed by atoms with Gasteiger partial charge in [0.15, 0.2) is 5.78 Å². The highest BCUT2D eigenvalue weighted by atomic mass is 16.1. The lowest BCUT2D eigenvalue weighted by Gasteiger charge is -2.00. The van der Waals surface area contributed by atoms with Gasteiger partial charge in [-0.1, -0.05) is 5.57 Å². The van der Waals surface area contributed by atoms with Crippen molar-refractivity contribution in [3.05, 3.63) is 43.3 Å². The number of carbonyl (C=O) groups excluding carboxylic acids is 1. The van der Waals surface area contributed by atoms with E-state index in [1.165, 1.54) is 0 Å². The fourth-order valence-corrected chi connectivity index (χ4v) is 0.884. The van der Waals surface area contributed by atoms with Crippen LogP contribution in [0.25, 0.3) is 0 Å². The predicted molar refractivity (Wildman–Crippen MR) is 44.9 cm³/mol. The highest BCUT2D eigenvalue weighted by molar-refractivity contribution is 6.05. The molecular weight excluding hydrogens is 136 g/mol. The summed E-state index contributed by atoms with van der Waals surface area (Å²) >= 11 is 0. The van der Waals surface area contributed by atoms with Crippen molar-refractivity contribution in [2.24, 2.45) is 0 Å². The Morgan fingerprint density at radius 1 is 1.27 bits per heavy atom. The van der Waals surface area contributed by atoms with Gasteiger partial charge in [0, 0.05) is 0 Å². The number of carbonyl (C=O) groups is 1. The zero-order valence-electron chi connectivity index (χ0n) is 6.79. The van der Waals surface area contributed by atoms with Gasteiger partial charge in [-0.15, -0.1) is 0 Å². The molecular formula is C10H11O. The Kier molecular flexibility index (Phi) is 2.86. The standard InChI is InChI=1S/C10H11O/c1-8(2)7-10(11)9-5-3-4-6-9/h3-7H,1-2H3. The van der Waals surface area contributed by atoms with Crippen LogP contribution in [0.2, 0.25) is 0 Å². The lowest BCUT2D eigenvalue weighted by Crippen LogP contribution is -2.05. The third-order valence-corrected chi connectivity index (χ3v) is 1.37. The van der Waals surface area contributed by atoms with E-state index in [0.29, 0.717) is 0 Å². The van der Waals surface area contributed by atoms with Crippen LogP contribution in [-0.4, -0.2) is 5.78 Å². The monoisotopic (exact) mass is 147 g/mol. The maximum Gasteiger partial charge on any atom is 0.163 e. The van der Waals surface area contributed by atoms with Crippen LogP contribution in [0.15, 0.2) is 11.6 Å². The van der Waals surface area contributed by atoms with E-state index in [-0.39, 0.29) is 5.78 Å².